The molecule has 0 atom stereocenters. The molecule has 0 unspecified atom stereocenters. The first kappa shape index (κ1) is 14.5. The standard InChI is InChI=1S/C17H22N2OS/c1-10-6-11(2)12(3)14(7-10)20-9-16-19-17(13-4-5-13)15(8-18)21-16/h6-7,13H,4-5,8-9,18H2,1-3H3. The molecule has 1 aliphatic rings. The van der Waals surface area contributed by atoms with Crippen LogP contribution >= 0.6 is 11.3 Å². The normalized spacial score (nSPS) is 14.5. The Morgan fingerprint density at radius 2 is 2.05 bits per heavy atom. The van der Waals surface area contributed by atoms with Crippen LogP contribution in [0.4, 0.5) is 0 Å². The van der Waals surface area contributed by atoms with Gasteiger partial charge in [-0.3, -0.25) is 0 Å². The maximum absolute atomic E-state index is 6.00. The SMILES string of the molecule is Cc1cc(C)c(C)c(OCc2nc(C3CC3)c(CN)s2)c1. The number of nitrogens with two attached hydrogens (primary N) is 1. The van der Waals surface area contributed by atoms with Gasteiger partial charge in [0.1, 0.15) is 17.4 Å². The summed E-state index contributed by atoms with van der Waals surface area (Å²) in [5.74, 6) is 1.61. The molecule has 1 aromatic carbocycles. The van der Waals surface area contributed by atoms with Gasteiger partial charge >= 0.3 is 0 Å². The van der Waals surface area contributed by atoms with Gasteiger partial charge < -0.3 is 10.5 Å². The molecule has 1 aliphatic carbocycles. The Morgan fingerprint density at radius 3 is 2.71 bits per heavy atom. The van der Waals surface area contributed by atoms with Crippen molar-refractivity contribution in [1.82, 2.24) is 4.98 Å². The molecule has 1 fully saturated rings. The van der Waals surface area contributed by atoms with E-state index < -0.39 is 0 Å². The average molecular weight is 302 g/mol. The number of ether oxygens (including phenoxy) is 1. The summed E-state index contributed by atoms with van der Waals surface area (Å²) in [6.07, 6.45) is 2.51. The highest BCUT2D eigenvalue weighted by molar-refractivity contribution is 7.11. The number of rotatable bonds is 5. The van der Waals surface area contributed by atoms with Crippen molar-refractivity contribution in [2.75, 3.05) is 0 Å². The van der Waals surface area contributed by atoms with Crippen LogP contribution in [0.25, 0.3) is 0 Å². The predicted molar refractivity (Wildman–Crippen MR) is 87.0 cm³/mol. The van der Waals surface area contributed by atoms with Crippen LogP contribution in [0.3, 0.4) is 0 Å². The van der Waals surface area contributed by atoms with Crippen LogP contribution < -0.4 is 10.5 Å². The summed E-state index contributed by atoms with van der Waals surface area (Å²) < 4.78 is 6.00. The van der Waals surface area contributed by atoms with Crippen molar-refractivity contribution < 1.29 is 4.74 Å². The smallest absolute Gasteiger partial charge is 0.140 e. The summed E-state index contributed by atoms with van der Waals surface area (Å²) in [7, 11) is 0. The molecule has 3 rings (SSSR count). The third-order valence-electron chi connectivity index (χ3n) is 4.04. The van der Waals surface area contributed by atoms with E-state index in [4.69, 9.17) is 15.5 Å². The van der Waals surface area contributed by atoms with E-state index in [9.17, 15) is 0 Å². The van der Waals surface area contributed by atoms with Crippen molar-refractivity contribution in [1.29, 1.82) is 0 Å². The van der Waals surface area contributed by atoms with Gasteiger partial charge in [0.15, 0.2) is 0 Å². The van der Waals surface area contributed by atoms with Gasteiger partial charge in [0, 0.05) is 17.3 Å². The lowest BCUT2D eigenvalue weighted by Crippen LogP contribution is -1.99. The van der Waals surface area contributed by atoms with Crippen molar-refractivity contribution in [3.05, 3.63) is 44.4 Å². The van der Waals surface area contributed by atoms with Gasteiger partial charge in [0.2, 0.25) is 0 Å². The molecule has 1 aromatic heterocycles. The van der Waals surface area contributed by atoms with E-state index in [-0.39, 0.29) is 0 Å². The van der Waals surface area contributed by atoms with Crippen LogP contribution in [0.15, 0.2) is 12.1 Å². The van der Waals surface area contributed by atoms with Crippen molar-refractivity contribution in [2.45, 2.75) is 52.7 Å². The Hall–Kier alpha value is -1.39. The average Bonchev–Trinajstić information content (AvgIpc) is 3.21. The Kier molecular flexibility index (Phi) is 4.00. The Morgan fingerprint density at radius 1 is 1.29 bits per heavy atom. The van der Waals surface area contributed by atoms with Crippen molar-refractivity contribution in [2.24, 2.45) is 5.73 Å². The molecule has 0 spiro atoms. The largest absolute Gasteiger partial charge is 0.486 e. The van der Waals surface area contributed by atoms with E-state index in [1.54, 1.807) is 11.3 Å². The number of thiazole rings is 1. The van der Waals surface area contributed by atoms with E-state index >= 15 is 0 Å². The number of aryl methyl sites for hydroxylation is 2. The second-order valence-corrected chi connectivity index (χ2v) is 7.06. The third kappa shape index (κ3) is 3.11. The number of nitrogens with zero attached hydrogens (tertiary/aromatic N) is 1. The molecule has 1 heterocycles. The summed E-state index contributed by atoms with van der Waals surface area (Å²) >= 11 is 1.70. The van der Waals surface area contributed by atoms with Crippen molar-refractivity contribution >= 4 is 11.3 Å². The number of hydrogen-bond donors (Lipinski definition) is 1. The number of benzene rings is 1. The molecule has 0 bridgehead atoms. The zero-order valence-corrected chi connectivity index (χ0v) is 13.7. The van der Waals surface area contributed by atoms with Crippen LogP contribution in [0, 0.1) is 20.8 Å². The van der Waals surface area contributed by atoms with Gasteiger partial charge in [0.25, 0.3) is 0 Å². The summed E-state index contributed by atoms with van der Waals surface area (Å²) in [6, 6.07) is 4.28. The first-order valence-electron chi connectivity index (χ1n) is 7.47. The fourth-order valence-electron chi connectivity index (χ4n) is 2.59. The van der Waals surface area contributed by atoms with Crippen LogP contribution in [-0.4, -0.2) is 4.98 Å². The highest BCUT2D eigenvalue weighted by atomic mass is 32.1. The fraction of sp³-hybridized carbons (Fsp3) is 0.471. The zero-order chi connectivity index (χ0) is 15.0. The molecule has 2 N–H and O–H groups in total. The van der Waals surface area contributed by atoms with Crippen molar-refractivity contribution in [3.63, 3.8) is 0 Å². The highest BCUT2D eigenvalue weighted by Gasteiger charge is 2.29. The predicted octanol–water partition coefficient (Wildman–Crippen LogP) is 3.98. The van der Waals surface area contributed by atoms with Crippen LogP contribution in [0.1, 0.15) is 51.0 Å². The van der Waals surface area contributed by atoms with Gasteiger partial charge in [-0.15, -0.1) is 11.3 Å². The van der Waals surface area contributed by atoms with Crippen LogP contribution in [0.2, 0.25) is 0 Å². The molecule has 2 aromatic rings. The molecule has 3 nitrogen and oxygen atoms in total. The Labute approximate surface area is 130 Å². The van der Waals surface area contributed by atoms with Crippen molar-refractivity contribution in [3.8, 4) is 5.75 Å². The van der Waals surface area contributed by atoms with Crippen LogP contribution in [-0.2, 0) is 13.2 Å². The number of hydrogen-bond acceptors (Lipinski definition) is 4. The maximum atomic E-state index is 6.00. The molecule has 21 heavy (non-hydrogen) atoms. The third-order valence-corrected chi connectivity index (χ3v) is 5.10. The molecule has 0 radical (unpaired) electrons. The van der Waals surface area contributed by atoms with E-state index in [1.165, 1.54) is 40.1 Å². The maximum Gasteiger partial charge on any atom is 0.140 e. The second kappa shape index (κ2) is 5.78. The van der Waals surface area contributed by atoms with Gasteiger partial charge in [-0.25, -0.2) is 4.98 Å². The minimum atomic E-state index is 0.536. The minimum Gasteiger partial charge on any atom is -0.486 e. The molecule has 4 heteroatoms. The zero-order valence-electron chi connectivity index (χ0n) is 12.9. The number of aromatic nitrogens is 1. The highest BCUT2D eigenvalue weighted by Crippen LogP contribution is 2.42. The van der Waals surface area contributed by atoms with Gasteiger partial charge in [-0.1, -0.05) is 6.07 Å². The van der Waals surface area contributed by atoms with E-state index in [1.807, 2.05) is 0 Å². The van der Waals surface area contributed by atoms with Gasteiger partial charge in [-0.05, 0) is 56.4 Å². The van der Waals surface area contributed by atoms with Gasteiger partial charge in [0.05, 0.1) is 5.69 Å². The summed E-state index contributed by atoms with van der Waals surface area (Å²) in [4.78, 5) is 5.98. The molecular weight excluding hydrogens is 280 g/mol. The first-order valence-corrected chi connectivity index (χ1v) is 8.29. The minimum absolute atomic E-state index is 0.536. The molecule has 0 amide bonds. The van der Waals surface area contributed by atoms with Gasteiger partial charge in [-0.2, -0.15) is 0 Å². The Bertz CT molecular complexity index is 659. The topological polar surface area (TPSA) is 48.1 Å². The lowest BCUT2D eigenvalue weighted by atomic mass is 10.1. The lowest BCUT2D eigenvalue weighted by Gasteiger charge is -2.11. The summed E-state index contributed by atoms with van der Waals surface area (Å²) in [5.41, 5.74) is 10.8. The monoisotopic (exact) mass is 302 g/mol. The quantitative estimate of drug-likeness (QED) is 0.908. The second-order valence-electron chi connectivity index (χ2n) is 5.89. The first-order chi connectivity index (χ1) is 10.1. The van der Waals surface area contributed by atoms with Crippen LogP contribution in [0.5, 0.6) is 5.75 Å². The molecule has 0 saturated heterocycles. The van der Waals surface area contributed by atoms with E-state index in [2.05, 4.69) is 32.9 Å². The van der Waals surface area contributed by atoms with E-state index in [0.29, 0.717) is 19.1 Å². The molecule has 112 valence electrons. The molecule has 0 aliphatic heterocycles. The summed E-state index contributed by atoms with van der Waals surface area (Å²) in [6.45, 7) is 7.45. The molecule has 1 saturated carbocycles. The lowest BCUT2D eigenvalue weighted by molar-refractivity contribution is 0.303. The Balaban J connectivity index is 1.76. The molecular formula is C17H22N2OS. The van der Waals surface area contributed by atoms with E-state index in [0.717, 1.165) is 10.8 Å². The summed E-state index contributed by atoms with van der Waals surface area (Å²) in [5, 5.41) is 1.04. The fourth-order valence-corrected chi connectivity index (χ4v) is 3.53.